The summed E-state index contributed by atoms with van der Waals surface area (Å²) in [5.41, 5.74) is 4.96. The minimum Gasteiger partial charge on any atom is -0.486 e. The molecule has 29 heavy (non-hydrogen) atoms. The van der Waals surface area contributed by atoms with Gasteiger partial charge in [-0.1, -0.05) is 17.3 Å². The van der Waals surface area contributed by atoms with Gasteiger partial charge in [0.25, 0.3) is 5.91 Å². The molecule has 1 N–H and O–H groups in total. The van der Waals surface area contributed by atoms with Crippen LogP contribution in [0.25, 0.3) is 0 Å². The molecule has 4 rings (SSSR count). The monoisotopic (exact) mass is 391 g/mol. The van der Waals surface area contributed by atoms with Crippen LogP contribution in [0.4, 0.5) is 0 Å². The smallest absolute Gasteiger partial charge is 0.273 e. The van der Waals surface area contributed by atoms with Crippen LogP contribution >= 0.6 is 0 Å². The Kier molecular flexibility index (Phi) is 5.89. The number of nitrogens with one attached hydrogen (secondary N) is 1. The number of rotatable bonds is 7. The molecule has 0 radical (unpaired) electrons. The molecular formula is C23H25N3O3. The van der Waals surface area contributed by atoms with Gasteiger partial charge in [-0.05, 0) is 68.0 Å². The summed E-state index contributed by atoms with van der Waals surface area (Å²) in [6.07, 6.45) is 5.42. The molecule has 6 heteroatoms. The molecule has 1 aromatic carbocycles. The van der Waals surface area contributed by atoms with Gasteiger partial charge in [-0.2, -0.15) is 0 Å². The Hall–Kier alpha value is -3.15. The Morgan fingerprint density at radius 3 is 2.86 bits per heavy atom. The number of aromatic nitrogens is 2. The minimum atomic E-state index is -0.263. The number of hydrogen-bond acceptors (Lipinski definition) is 5. The van der Waals surface area contributed by atoms with Crippen LogP contribution in [-0.4, -0.2) is 22.6 Å². The van der Waals surface area contributed by atoms with Crippen molar-refractivity contribution in [3.8, 4) is 5.75 Å². The molecule has 0 atom stereocenters. The second-order valence-electron chi connectivity index (χ2n) is 7.38. The van der Waals surface area contributed by atoms with Crippen LogP contribution in [0.5, 0.6) is 5.75 Å². The average molecular weight is 391 g/mol. The molecule has 6 nitrogen and oxygen atoms in total. The molecular weight excluding hydrogens is 366 g/mol. The van der Waals surface area contributed by atoms with Gasteiger partial charge in [-0.15, -0.1) is 0 Å². The quantitative estimate of drug-likeness (QED) is 0.663. The molecule has 0 bridgehead atoms. The first kappa shape index (κ1) is 19.2. The molecule has 1 amide bonds. The van der Waals surface area contributed by atoms with E-state index in [-0.39, 0.29) is 18.2 Å². The SMILES string of the molecule is Cc1cccc(CCNC(=O)c2cc(COc3ccc4c(c3)CCCC4)on2)n1. The van der Waals surface area contributed by atoms with Crippen LogP contribution < -0.4 is 10.1 Å². The van der Waals surface area contributed by atoms with E-state index in [1.165, 1.54) is 24.0 Å². The topological polar surface area (TPSA) is 77.2 Å². The molecule has 2 aromatic heterocycles. The lowest BCUT2D eigenvalue weighted by atomic mass is 9.92. The highest BCUT2D eigenvalue weighted by atomic mass is 16.5. The number of amides is 1. The summed E-state index contributed by atoms with van der Waals surface area (Å²) in [6, 6.07) is 13.7. The van der Waals surface area contributed by atoms with E-state index in [4.69, 9.17) is 9.26 Å². The van der Waals surface area contributed by atoms with Gasteiger partial charge in [0.05, 0.1) is 0 Å². The Morgan fingerprint density at radius 2 is 2.00 bits per heavy atom. The van der Waals surface area contributed by atoms with Crippen molar-refractivity contribution in [2.24, 2.45) is 0 Å². The molecule has 0 spiro atoms. The highest BCUT2D eigenvalue weighted by Gasteiger charge is 2.14. The van der Waals surface area contributed by atoms with Gasteiger partial charge in [0.2, 0.25) is 0 Å². The van der Waals surface area contributed by atoms with Crippen molar-refractivity contribution in [2.75, 3.05) is 6.54 Å². The normalized spacial score (nSPS) is 13.0. The van der Waals surface area contributed by atoms with Crippen molar-refractivity contribution in [3.05, 3.63) is 76.4 Å². The first-order valence-electron chi connectivity index (χ1n) is 10.1. The highest BCUT2D eigenvalue weighted by molar-refractivity contribution is 5.92. The maximum absolute atomic E-state index is 12.3. The van der Waals surface area contributed by atoms with Crippen molar-refractivity contribution in [1.82, 2.24) is 15.5 Å². The molecule has 2 heterocycles. The largest absolute Gasteiger partial charge is 0.486 e. The number of pyridine rings is 1. The number of carbonyl (C=O) groups is 1. The van der Waals surface area contributed by atoms with Gasteiger partial charge in [0.15, 0.2) is 11.5 Å². The molecule has 1 aliphatic carbocycles. The number of hydrogen-bond donors (Lipinski definition) is 1. The van der Waals surface area contributed by atoms with Crippen LogP contribution in [0.15, 0.2) is 47.0 Å². The standard InChI is InChI=1S/C23H25N3O3/c1-16-5-4-8-19(25-16)11-12-24-23(27)22-14-21(29-26-22)15-28-20-10-9-17-6-2-3-7-18(17)13-20/h4-5,8-10,13-14H,2-3,6-7,11-12,15H2,1H3,(H,24,27). The molecule has 3 aromatic rings. The summed E-state index contributed by atoms with van der Waals surface area (Å²) in [4.78, 5) is 16.7. The summed E-state index contributed by atoms with van der Waals surface area (Å²) in [5, 5.41) is 6.70. The van der Waals surface area contributed by atoms with Crippen LogP contribution in [0.3, 0.4) is 0 Å². The number of benzene rings is 1. The second kappa shape index (κ2) is 8.90. The van der Waals surface area contributed by atoms with Crippen molar-refractivity contribution in [2.45, 2.75) is 45.6 Å². The third kappa shape index (κ3) is 5.02. The van der Waals surface area contributed by atoms with Crippen molar-refractivity contribution in [3.63, 3.8) is 0 Å². The summed E-state index contributed by atoms with van der Waals surface area (Å²) in [6.45, 7) is 2.68. The summed E-state index contributed by atoms with van der Waals surface area (Å²) >= 11 is 0. The Morgan fingerprint density at radius 1 is 1.14 bits per heavy atom. The van der Waals surface area contributed by atoms with E-state index >= 15 is 0 Å². The van der Waals surface area contributed by atoms with Gasteiger partial charge in [0.1, 0.15) is 12.4 Å². The molecule has 0 saturated carbocycles. The van der Waals surface area contributed by atoms with E-state index in [9.17, 15) is 4.79 Å². The van der Waals surface area contributed by atoms with E-state index in [1.54, 1.807) is 6.07 Å². The Labute approximate surface area is 170 Å². The zero-order valence-corrected chi connectivity index (χ0v) is 16.6. The van der Waals surface area contributed by atoms with E-state index in [1.807, 2.05) is 31.2 Å². The average Bonchev–Trinajstić information content (AvgIpc) is 3.21. The highest BCUT2D eigenvalue weighted by Crippen LogP contribution is 2.25. The van der Waals surface area contributed by atoms with Crippen molar-refractivity contribution < 1.29 is 14.1 Å². The van der Waals surface area contributed by atoms with E-state index in [2.05, 4.69) is 27.6 Å². The van der Waals surface area contributed by atoms with E-state index in [0.29, 0.717) is 18.7 Å². The molecule has 150 valence electrons. The predicted molar refractivity (Wildman–Crippen MR) is 109 cm³/mol. The molecule has 0 aliphatic heterocycles. The van der Waals surface area contributed by atoms with Crippen molar-refractivity contribution in [1.29, 1.82) is 0 Å². The molecule has 0 fully saturated rings. The van der Waals surface area contributed by atoms with Crippen LogP contribution in [0.1, 0.15) is 51.6 Å². The molecule has 0 unspecified atom stereocenters. The van der Waals surface area contributed by atoms with Crippen molar-refractivity contribution >= 4 is 5.91 Å². The van der Waals surface area contributed by atoms with Gasteiger partial charge in [-0.25, -0.2) is 0 Å². The van der Waals surface area contributed by atoms with E-state index < -0.39 is 0 Å². The lowest BCUT2D eigenvalue weighted by Gasteiger charge is -2.16. The number of aryl methyl sites for hydroxylation is 3. The van der Waals surface area contributed by atoms with Gasteiger partial charge < -0.3 is 14.6 Å². The Balaban J connectivity index is 1.27. The number of fused-ring (bicyclic) bond motifs is 1. The first-order valence-corrected chi connectivity index (χ1v) is 10.1. The molecule has 0 saturated heterocycles. The minimum absolute atomic E-state index is 0.242. The number of carbonyl (C=O) groups excluding carboxylic acids is 1. The summed E-state index contributed by atoms with van der Waals surface area (Å²) < 4.78 is 11.1. The third-order valence-electron chi connectivity index (χ3n) is 5.11. The van der Waals surface area contributed by atoms with E-state index in [0.717, 1.165) is 30.0 Å². The Bertz CT molecular complexity index is 997. The predicted octanol–water partition coefficient (Wildman–Crippen LogP) is 3.81. The fraction of sp³-hybridized carbons (Fsp3) is 0.348. The zero-order valence-electron chi connectivity index (χ0n) is 16.6. The number of ether oxygens (including phenoxy) is 1. The second-order valence-corrected chi connectivity index (χ2v) is 7.38. The van der Waals surface area contributed by atoms with Crippen LogP contribution in [-0.2, 0) is 25.9 Å². The maximum Gasteiger partial charge on any atom is 0.273 e. The summed E-state index contributed by atoms with van der Waals surface area (Å²) in [7, 11) is 0. The summed E-state index contributed by atoms with van der Waals surface area (Å²) in [5.74, 6) is 1.08. The van der Waals surface area contributed by atoms with Gasteiger partial charge in [-0.3, -0.25) is 9.78 Å². The number of nitrogens with zero attached hydrogens (tertiary/aromatic N) is 2. The van der Waals surface area contributed by atoms with Crippen LogP contribution in [0.2, 0.25) is 0 Å². The first-order chi connectivity index (χ1) is 14.2. The van der Waals surface area contributed by atoms with Gasteiger partial charge >= 0.3 is 0 Å². The lowest BCUT2D eigenvalue weighted by molar-refractivity contribution is 0.0944. The third-order valence-corrected chi connectivity index (χ3v) is 5.11. The fourth-order valence-corrected chi connectivity index (χ4v) is 3.58. The van der Waals surface area contributed by atoms with Gasteiger partial charge in [0, 0.05) is 30.4 Å². The maximum atomic E-state index is 12.3. The molecule has 1 aliphatic rings. The lowest BCUT2D eigenvalue weighted by Crippen LogP contribution is -2.26. The van der Waals surface area contributed by atoms with Crippen LogP contribution in [0, 0.1) is 6.92 Å². The zero-order chi connectivity index (χ0) is 20.1. The fourth-order valence-electron chi connectivity index (χ4n) is 3.58.